The van der Waals surface area contributed by atoms with E-state index in [0.717, 1.165) is 0 Å². The quantitative estimate of drug-likeness (QED) is 0.367. The van der Waals surface area contributed by atoms with E-state index in [-0.39, 0.29) is 47.6 Å². The number of aromatic nitrogens is 2. The number of aryl methyl sites for hydroxylation is 1. The van der Waals surface area contributed by atoms with Gasteiger partial charge in [-0.05, 0) is 49.4 Å². The summed E-state index contributed by atoms with van der Waals surface area (Å²) >= 11 is 0. The molecule has 41 heavy (non-hydrogen) atoms. The fourth-order valence-corrected chi connectivity index (χ4v) is 5.38. The number of aliphatic hydroxyl groups is 1. The van der Waals surface area contributed by atoms with Crippen molar-refractivity contribution in [3.8, 4) is 5.75 Å². The van der Waals surface area contributed by atoms with Gasteiger partial charge in [-0.25, -0.2) is 14.2 Å². The zero-order valence-electron chi connectivity index (χ0n) is 23.1. The van der Waals surface area contributed by atoms with Gasteiger partial charge in [0.15, 0.2) is 5.03 Å². The molecule has 2 aromatic carbocycles. The summed E-state index contributed by atoms with van der Waals surface area (Å²) in [6.07, 6.45) is 2.14. The molecular formula is C27H33FN6O6S. The predicted molar refractivity (Wildman–Crippen MR) is 150 cm³/mol. The van der Waals surface area contributed by atoms with Crippen LogP contribution in [0.25, 0.3) is 0 Å². The van der Waals surface area contributed by atoms with E-state index in [1.165, 1.54) is 69.4 Å². The smallest absolute Gasteiger partial charge is 0.321 e. The van der Waals surface area contributed by atoms with Crippen LogP contribution in [0.4, 0.5) is 20.6 Å². The molecule has 0 aliphatic carbocycles. The molecule has 0 unspecified atom stereocenters. The number of benzene rings is 2. The van der Waals surface area contributed by atoms with Gasteiger partial charge < -0.3 is 29.5 Å². The minimum absolute atomic E-state index is 0.0989. The summed E-state index contributed by atoms with van der Waals surface area (Å²) in [6, 6.07) is 8.76. The lowest BCUT2D eigenvalue weighted by Crippen LogP contribution is -2.50. The number of carbonyl (C=O) groups is 2. The van der Waals surface area contributed by atoms with Crippen LogP contribution in [0.5, 0.6) is 5.75 Å². The molecule has 0 saturated heterocycles. The van der Waals surface area contributed by atoms with Crippen LogP contribution in [-0.4, -0.2) is 83.7 Å². The molecule has 12 nitrogen and oxygen atoms in total. The van der Waals surface area contributed by atoms with Gasteiger partial charge >= 0.3 is 6.03 Å². The molecule has 3 amide bonds. The fraction of sp³-hybridized carbons (Fsp3) is 0.370. The molecule has 14 heteroatoms. The number of halogens is 1. The van der Waals surface area contributed by atoms with Crippen molar-refractivity contribution in [1.82, 2.24) is 19.4 Å². The molecule has 0 fully saturated rings. The van der Waals surface area contributed by atoms with E-state index in [2.05, 4.69) is 15.0 Å². The lowest BCUT2D eigenvalue weighted by Gasteiger charge is -2.38. The minimum atomic E-state index is -4.02. The van der Waals surface area contributed by atoms with Crippen LogP contribution in [0, 0.1) is 11.7 Å². The summed E-state index contributed by atoms with van der Waals surface area (Å²) in [7, 11) is -0.789. The van der Waals surface area contributed by atoms with E-state index in [4.69, 9.17) is 4.74 Å². The first-order chi connectivity index (χ1) is 19.4. The Morgan fingerprint density at radius 1 is 1.24 bits per heavy atom. The number of ether oxygens (including phenoxy) is 1. The molecule has 3 aromatic rings. The van der Waals surface area contributed by atoms with Gasteiger partial charge in [0.25, 0.3) is 15.9 Å². The largest absolute Gasteiger partial charge is 0.487 e. The van der Waals surface area contributed by atoms with Crippen LogP contribution in [-0.2, 0) is 17.1 Å². The normalized spacial score (nSPS) is 18.0. The zero-order valence-corrected chi connectivity index (χ0v) is 23.9. The van der Waals surface area contributed by atoms with E-state index < -0.39 is 39.9 Å². The monoisotopic (exact) mass is 588 g/mol. The van der Waals surface area contributed by atoms with Crippen LogP contribution in [0.3, 0.4) is 0 Å². The van der Waals surface area contributed by atoms with Crippen molar-refractivity contribution >= 4 is 33.3 Å². The molecule has 1 aromatic heterocycles. The Hall–Kier alpha value is -4.17. The number of urea groups is 1. The van der Waals surface area contributed by atoms with Crippen molar-refractivity contribution in [2.45, 2.75) is 31.0 Å². The number of hydrogen-bond acceptors (Lipinski definition) is 7. The number of hydrogen-bond donors (Lipinski definition) is 3. The maximum atomic E-state index is 13.6. The van der Waals surface area contributed by atoms with Gasteiger partial charge in [-0.1, -0.05) is 6.92 Å². The Balaban J connectivity index is 1.60. The van der Waals surface area contributed by atoms with Crippen LogP contribution in [0.1, 0.15) is 24.2 Å². The molecule has 1 aliphatic heterocycles. The molecular weight excluding hydrogens is 555 g/mol. The van der Waals surface area contributed by atoms with E-state index in [0.29, 0.717) is 5.69 Å². The third-order valence-corrected chi connectivity index (χ3v) is 8.04. The molecule has 4 rings (SSSR count). The average molecular weight is 589 g/mol. The minimum Gasteiger partial charge on any atom is -0.487 e. The molecule has 0 radical (unpaired) electrons. The molecule has 3 N–H and O–H groups in total. The maximum Gasteiger partial charge on any atom is 0.321 e. The van der Waals surface area contributed by atoms with Gasteiger partial charge in [0, 0.05) is 44.1 Å². The molecule has 2 heterocycles. The Morgan fingerprint density at radius 3 is 2.56 bits per heavy atom. The second kappa shape index (κ2) is 12.1. The van der Waals surface area contributed by atoms with E-state index in [1.54, 1.807) is 21.0 Å². The number of aliphatic hydroxyl groups excluding tert-OH is 1. The highest BCUT2D eigenvalue weighted by Gasteiger charge is 2.34. The van der Waals surface area contributed by atoms with Crippen LogP contribution in [0.15, 0.2) is 60.0 Å². The van der Waals surface area contributed by atoms with E-state index in [1.807, 2.05) is 6.92 Å². The Bertz CT molecular complexity index is 1510. The Kier molecular flexibility index (Phi) is 8.83. The molecule has 0 saturated carbocycles. The van der Waals surface area contributed by atoms with Crippen molar-refractivity contribution in [1.29, 1.82) is 0 Å². The first-order valence-corrected chi connectivity index (χ1v) is 14.4. The number of anilines is 2. The van der Waals surface area contributed by atoms with Gasteiger partial charge in [0.1, 0.15) is 17.7 Å². The second-order valence-electron chi connectivity index (χ2n) is 10.1. The fourth-order valence-electron chi connectivity index (χ4n) is 4.34. The summed E-state index contributed by atoms with van der Waals surface area (Å²) in [5, 5.41) is 12.4. The van der Waals surface area contributed by atoms with Gasteiger partial charge in [0.2, 0.25) is 0 Å². The Labute approximate surface area is 237 Å². The summed E-state index contributed by atoms with van der Waals surface area (Å²) in [5.41, 5.74) is 0.653. The number of rotatable bonds is 8. The summed E-state index contributed by atoms with van der Waals surface area (Å²) in [5.74, 6) is -0.914. The first-order valence-electron chi connectivity index (χ1n) is 12.9. The number of sulfonamides is 1. The van der Waals surface area contributed by atoms with Crippen LogP contribution < -0.4 is 14.8 Å². The Morgan fingerprint density at radius 2 is 1.93 bits per heavy atom. The second-order valence-corrected chi connectivity index (χ2v) is 11.8. The molecule has 0 bridgehead atoms. The SMILES string of the molecule is C[C@@H]1CN([C@H](C)CO)C(=O)c2cc(NS(=O)(=O)c3cn(C)cn3)ccc2O[C@H]1CN(C)C(=O)Nc1ccc(F)cc1. The highest BCUT2D eigenvalue weighted by molar-refractivity contribution is 7.92. The van der Waals surface area contributed by atoms with E-state index in [9.17, 15) is 27.5 Å². The number of amides is 3. The number of nitrogens with zero attached hydrogens (tertiary/aromatic N) is 4. The van der Waals surface area contributed by atoms with Gasteiger partial charge in [-0.15, -0.1) is 0 Å². The van der Waals surface area contributed by atoms with Gasteiger partial charge in [-0.3, -0.25) is 9.52 Å². The zero-order chi connectivity index (χ0) is 29.9. The number of fused-ring (bicyclic) bond motifs is 1. The molecule has 3 atom stereocenters. The first kappa shape index (κ1) is 29.8. The van der Waals surface area contributed by atoms with Crippen molar-refractivity contribution in [2.75, 3.05) is 36.8 Å². The summed E-state index contributed by atoms with van der Waals surface area (Å²) < 4.78 is 49.1. The number of likely N-dealkylation sites (N-methyl/N-ethyl adjacent to an activating group) is 1. The highest BCUT2D eigenvalue weighted by Crippen LogP contribution is 2.31. The predicted octanol–water partition coefficient (Wildman–Crippen LogP) is 2.74. The van der Waals surface area contributed by atoms with Crippen molar-refractivity contribution < 1.29 is 32.2 Å². The van der Waals surface area contributed by atoms with Gasteiger partial charge in [0.05, 0.1) is 31.1 Å². The number of nitrogens with one attached hydrogen (secondary N) is 2. The standard InChI is InChI=1S/C27H33FN6O6S/c1-17-12-34(18(2)15-35)26(36)22-11-21(31-41(38,39)25-14-32(3)16-29-25)9-10-23(22)40-24(17)13-33(4)27(37)30-20-7-5-19(28)6-8-20/h5-11,14,16-18,24,31,35H,12-13,15H2,1-4H3,(H,30,37)/t17-,18-,24+/m1/s1. The molecule has 1 aliphatic rings. The third-order valence-electron chi connectivity index (χ3n) is 6.77. The van der Waals surface area contributed by atoms with Crippen LogP contribution >= 0.6 is 0 Å². The number of carbonyl (C=O) groups excluding carboxylic acids is 2. The molecule has 0 spiro atoms. The summed E-state index contributed by atoms with van der Waals surface area (Å²) in [6.45, 7) is 3.64. The maximum absolute atomic E-state index is 13.6. The molecule has 220 valence electrons. The van der Waals surface area contributed by atoms with E-state index >= 15 is 0 Å². The lowest BCUT2D eigenvalue weighted by atomic mass is 9.99. The highest BCUT2D eigenvalue weighted by atomic mass is 32.2. The van der Waals surface area contributed by atoms with Crippen molar-refractivity contribution in [2.24, 2.45) is 13.0 Å². The van der Waals surface area contributed by atoms with Crippen molar-refractivity contribution in [3.05, 3.63) is 66.4 Å². The summed E-state index contributed by atoms with van der Waals surface area (Å²) in [4.78, 5) is 33.3. The lowest BCUT2D eigenvalue weighted by molar-refractivity contribution is 0.0371. The topological polar surface area (TPSA) is 146 Å². The third kappa shape index (κ3) is 6.95. The van der Waals surface area contributed by atoms with Crippen molar-refractivity contribution in [3.63, 3.8) is 0 Å². The van der Waals surface area contributed by atoms with Crippen LogP contribution in [0.2, 0.25) is 0 Å². The number of imidazole rings is 1. The van der Waals surface area contributed by atoms with Gasteiger partial charge in [-0.2, -0.15) is 8.42 Å². The average Bonchev–Trinajstić information content (AvgIpc) is 3.39.